The summed E-state index contributed by atoms with van der Waals surface area (Å²) in [4.78, 5) is 22.0. The summed E-state index contributed by atoms with van der Waals surface area (Å²) >= 11 is 0. The molecule has 0 bridgehead atoms. The summed E-state index contributed by atoms with van der Waals surface area (Å²) in [5.74, 6) is -0.00287. The zero-order valence-corrected chi connectivity index (χ0v) is 13.3. The lowest BCUT2D eigenvalue weighted by molar-refractivity contribution is 0.0742. The van der Waals surface area contributed by atoms with E-state index in [0.29, 0.717) is 12.1 Å². The van der Waals surface area contributed by atoms with E-state index in [1.807, 2.05) is 30.3 Å². The molecular weight excluding hydrogens is 323 g/mol. The average Bonchev–Trinajstić information content (AvgIpc) is 3.31. The van der Waals surface area contributed by atoms with Crippen LogP contribution in [-0.2, 0) is 5.67 Å². The van der Waals surface area contributed by atoms with Crippen molar-refractivity contribution in [2.24, 2.45) is 0 Å². The predicted molar refractivity (Wildman–Crippen MR) is 87.3 cm³/mol. The van der Waals surface area contributed by atoms with Crippen molar-refractivity contribution >= 4 is 5.91 Å². The number of carbonyl (C=O) groups is 1. The number of amides is 1. The number of halogens is 1. The van der Waals surface area contributed by atoms with Crippen LogP contribution < -0.4 is 0 Å². The van der Waals surface area contributed by atoms with Gasteiger partial charge in [-0.15, -0.1) is 0 Å². The number of alkyl halides is 1. The summed E-state index contributed by atoms with van der Waals surface area (Å²) < 4.78 is 20.5. The Morgan fingerprint density at radius 2 is 2.04 bits per heavy atom. The van der Waals surface area contributed by atoms with Gasteiger partial charge in [0.05, 0.1) is 12.1 Å². The molecular formula is C18H15FN4O2. The van der Waals surface area contributed by atoms with Gasteiger partial charge in [-0.25, -0.2) is 4.39 Å². The second-order valence-electron chi connectivity index (χ2n) is 5.97. The number of carbonyl (C=O) groups excluding carboxylic acids is 1. The molecule has 1 unspecified atom stereocenters. The van der Waals surface area contributed by atoms with Crippen molar-refractivity contribution in [2.75, 3.05) is 13.1 Å². The molecule has 1 amide bonds. The van der Waals surface area contributed by atoms with Crippen LogP contribution in [-0.4, -0.2) is 39.0 Å². The SMILES string of the molecule is O=C(c1cccnc1)N1CCC(F)(c2noc(-c3ccccc3)n2)C1. The smallest absolute Gasteiger partial charge is 0.258 e. The Hall–Kier alpha value is -3.09. The minimum atomic E-state index is -1.81. The second-order valence-corrected chi connectivity index (χ2v) is 5.97. The summed E-state index contributed by atoms with van der Waals surface area (Å²) in [6, 6.07) is 12.5. The van der Waals surface area contributed by atoms with Crippen molar-refractivity contribution < 1.29 is 13.7 Å². The molecule has 0 spiro atoms. The Morgan fingerprint density at radius 1 is 1.20 bits per heavy atom. The third-order valence-corrected chi connectivity index (χ3v) is 4.26. The highest BCUT2D eigenvalue weighted by atomic mass is 19.1. The zero-order valence-electron chi connectivity index (χ0n) is 13.3. The fourth-order valence-corrected chi connectivity index (χ4v) is 2.90. The van der Waals surface area contributed by atoms with E-state index < -0.39 is 5.67 Å². The van der Waals surface area contributed by atoms with Gasteiger partial charge in [0, 0.05) is 30.9 Å². The van der Waals surface area contributed by atoms with Crippen LogP contribution in [0.15, 0.2) is 59.4 Å². The maximum Gasteiger partial charge on any atom is 0.258 e. The number of aromatic nitrogens is 3. The monoisotopic (exact) mass is 338 g/mol. The van der Waals surface area contributed by atoms with E-state index in [0.717, 1.165) is 5.56 Å². The van der Waals surface area contributed by atoms with Crippen molar-refractivity contribution in [3.05, 3.63) is 66.2 Å². The molecule has 0 N–H and O–H groups in total. The van der Waals surface area contributed by atoms with E-state index in [2.05, 4.69) is 15.1 Å². The van der Waals surface area contributed by atoms with Gasteiger partial charge in [0.2, 0.25) is 5.82 Å². The largest absolute Gasteiger partial charge is 0.335 e. The predicted octanol–water partition coefficient (Wildman–Crippen LogP) is 2.84. The second kappa shape index (κ2) is 6.08. The lowest BCUT2D eigenvalue weighted by Gasteiger charge is -2.18. The average molecular weight is 338 g/mol. The fraction of sp³-hybridized carbons (Fsp3) is 0.222. The molecule has 25 heavy (non-hydrogen) atoms. The third kappa shape index (κ3) is 2.88. The zero-order chi connectivity index (χ0) is 17.3. The first-order valence-electron chi connectivity index (χ1n) is 7.93. The van der Waals surface area contributed by atoms with Gasteiger partial charge < -0.3 is 9.42 Å². The van der Waals surface area contributed by atoms with E-state index in [4.69, 9.17) is 4.52 Å². The van der Waals surface area contributed by atoms with Crippen molar-refractivity contribution in [1.29, 1.82) is 0 Å². The standard InChI is InChI=1S/C18H15FN4O2/c19-18(17-21-15(25-22-17)13-5-2-1-3-6-13)8-10-23(12-18)16(24)14-7-4-9-20-11-14/h1-7,9,11H,8,10,12H2. The van der Waals surface area contributed by atoms with Gasteiger partial charge in [0.1, 0.15) is 0 Å². The molecule has 3 aromatic rings. The molecule has 6 nitrogen and oxygen atoms in total. The molecule has 1 aromatic carbocycles. The summed E-state index contributed by atoms with van der Waals surface area (Å²) in [5, 5.41) is 3.80. The van der Waals surface area contributed by atoms with Crippen LogP contribution in [0.25, 0.3) is 11.5 Å². The Bertz CT molecular complexity index is 884. The van der Waals surface area contributed by atoms with Gasteiger partial charge in [0.15, 0.2) is 5.67 Å². The fourth-order valence-electron chi connectivity index (χ4n) is 2.90. The number of hydrogen-bond donors (Lipinski definition) is 0. The summed E-state index contributed by atoms with van der Waals surface area (Å²) in [6.07, 6.45) is 3.19. The molecule has 1 aliphatic rings. The molecule has 3 heterocycles. The molecule has 0 radical (unpaired) electrons. The number of benzene rings is 1. The van der Waals surface area contributed by atoms with Crippen molar-refractivity contribution in [1.82, 2.24) is 20.0 Å². The van der Waals surface area contributed by atoms with Crippen LogP contribution in [0.3, 0.4) is 0 Å². The molecule has 7 heteroatoms. The van der Waals surface area contributed by atoms with Crippen LogP contribution in [0, 0.1) is 0 Å². The molecule has 1 fully saturated rings. The van der Waals surface area contributed by atoms with E-state index in [1.54, 1.807) is 18.3 Å². The first-order chi connectivity index (χ1) is 12.2. The Labute approximate surface area is 143 Å². The van der Waals surface area contributed by atoms with Crippen molar-refractivity contribution in [2.45, 2.75) is 12.1 Å². The van der Waals surface area contributed by atoms with Crippen LogP contribution in [0.2, 0.25) is 0 Å². The van der Waals surface area contributed by atoms with E-state index in [9.17, 15) is 4.79 Å². The normalized spacial score (nSPS) is 20.0. The molecule has 1 saturated heterocycles. The lowest BCUT2D eigenvalue weighted by atomic mass is 10.1. The Kier molecular flexibility index (Phi) is 3.76. The summed E-state index contributed by atoms with van der Waals surface area (Å²) in [5.41, 5.74) is -0.648. The van der Waals surface area contributed by atoms with Crippen LogP contribution in [0.1, 0.15) is 22.6 Å². The van der Waals surface area contributed by atoms with Gasteiger partial charge >= 0.3 is 0 Å². The van der Waals surface area contributed by atoms with Crippen molar-refractivity contribution in [3.8, 4) is 11.5 Å². The number of likely N-dealkylation sites (tertiary alicyclic amines) is 1. The molecule has 2 aromatic heterocycles. The van der Waals surface area contributed by atoms with Crippen molar-refractivity contribution in [3.63, 3.8) is 0 Å². The van der Waals surface area contributed by atoms with E-state index >= 15 is 4.39 Å². The highest BCUT2D eigenvalue weighted by Gasteiger charge is 2.45. The third-order valence-electron chi connectivity index (χ3n) is 4.26. The van der Waals surface area contributed by atoms with E-state index in [-0.39, 0.29) is 30.6 Å². The topological polar surface area (TPSA) is 72.1 Å². The number of nitrogens with zero attached hydrogens (tertiary/aromatic N) is 4. The van der Waals surface area contributed by atoms with Gasteiger partial charge in [-0.3, -0.25) is 9.78 Å². The lowest BCUT2D eigenvalue weighted by Crippen LogP contribution is -2.32. The molecule has 0 saturated carbocycles. The first-order valence-corrected chi connectivity index (χ1v) is 7.93. The first kappa shape index (κ1) is 15.4. The van der Waals surface area contributed by atoms with E-state index in [1.165, 1.54) is 11.1 Å². The molecule has 1 atom stereocenters. The quantitative estimate of drug-likeness (QED) is 0.734. The maximum absolute atomic E-state index is 15.3. The van der Waals surface area contributed by atoms with Gasteiger partial charge in [-0.2, -0.15) is 4.98 Å². The van der Waals surface area contributed by atoms with Gasteiger partial charge in [-0.05, 0) is 24.3 Å². The van der Waals surface area contributed by atoms with Crippen LogP contribution in [0.5, 0.6) is 0 Å². The van der Waals surface area contributed by atoms with Crippen LogP contribution >= 0.6 is 0 Å². The number of hydrogen-bond acceptors (Lipinski definition) is 5. The Morgan fingerprint density at radius 3 is 2.80 bits per heavy atom. The summed E-state index contributed by atoms with van der Waals surface area (Å²) in [6.45, 7) is 0.188. The van der Waals surface area contributed by atoms with Gasteiger partial charge in [0.25, 0.3) is 11.8 Å². The van der Waals surface area contributed by atoms with Gasteiger partial charge in [-0.1, -0.05) is 23.4 Å². The molecule has 0 aliphatic carbocycles. The number of rotatable bonds is 3. The highest BCUT2D eigenvalue weighted by molar-refractivity contribution is 5.94. The maximum atomic E-state index is 15.3. The molecule has 4 rings (SSSR count). The minimum Gasteiger partial charge on any atom is -0.335 e. The molecule has 1 aliphatic heterocycles. The molecule has 126 valence electrons. The summed E-state index contributed by atoms with van der Waals surface area (Å²) in [7, 11) is 0. The highest BCUT2D eigenvalue weighted by Crippen LogP contribution is 2.35. The van der Waals surface area contributed by atoms with Crippen LogP contribution in [0.4, 0.5) is 4.39 Å². The Balaban J connectivity index is 1.54. The minimum absolute atomic E-state index is 0.0205. The number of pyridine rings is 1.